The van der Waals surface area contributed by atoms with Crippen LogP contribution in [0.25, 0.3) is 6.08 Å². The van der Waals surface area contributed by atoms with Crippen LogP contribution in [0.5, 0.6) is 0 Å². The summed E-state index contributed by atoms with van der Waals surface area (Å²) in [4.78, 5) is 21.3. The molecule has 0 saturated heterocycles. The number of carbonyl (C=O) groups is 2. The Hall–Kier alpha value is -2.12. The van der Waals surface area contributed by atoms with Gasteiger partial charge in [0.2, 0.25) is 0 Å². The molecule has 0 atom stereocenters. The number of hydrogen-bond donors (Lipinski definition) is 1. The van der Waals surface area contributed by atoms with Crippen molar-refractivity contribution in [2.45, 2.75) is 0 Å². The summed E-state index contributed by atoms with van der Waals surface area (Å²) in [6, 6.07) is 7.49. The lowest BCUT2D eigenvalue weighted by Crippen LogP contribution is -1.97. The first-order valence-corrected chi connectivity index (χ1v) is 4.57. The summed E-state index contributed by atoms with van der Waals surface area (Å²) < 4.78 is 0. The molecule has 1 N–H and O–H groups in total. The second kappa shape index (κ2) is 5.10. The Morgan fingerprint density at radius 1 is 1.31 bits per heavy atom. The molecule has 0 saturated carbocycles. The average Bonchev–Trinajstić information content (AvgIpc) is 2.26. The molecule has 0 radical (unpaired) electrons. The molecule has 0 bridgehead atoms. The van der Waals surface area contributed by atoms with Crippen molar-refractivity contribution in [1.29, 1.82) is 5.26 Å². The maximum absolute atomic E-state index is 10.7. The predicted molar refractivity (Wildman–Crippen MR) is 57.9 cm³/mol. The molecular weight excluding hydrogens is 230 g/mol. The summed E-state index contributed by atoms with van der Waals surface area (Å²) in [5.74, 6) is -1.29. The van der Waals surface area contributed by atoms with Gasteiger partial charge in [0, 0.05) is 5.56 Å². The van der Waals surface area contributed by atoms with Crippen LogP contribution in [-0.4, -0.2) is 16.3 Å². The molecule has 5 heteroatoms. The van der Waals surface area contributed by atoms with E-state index in [0.717, 1.165) is 0 Å². The fourth-order valence-electron chi connectivity index (χ4n) is 1.02. The van der Waals surface area contributed by atoms with E-state index in [1.807, 2.05) is 0 Å². The zero-order valence-electron chi connectivity index (χ0n) is 7.98. The molecule has 4 nitrogen and oxygen atoms in total. The number of carboxylic acid groups (broad SMARTS) is 1. The Kier molecular flexibility index (Phi) is 3.81. The first kappa shape index (κ1) is 12.0. The van der Waals surface area contributed by atoms with E-state index in [9.17, 15) is 9.59 Å². The van der Waals surface area contributed by atoms with Gasteiger partial charge in [-0.15, -0.1) is 0 Å². The minimum Gasteiger partial charge on any atom is -0.477 e. The smallest absolute Gasteiger partial charge is 0.346 e. The molecule has 0 amide bonds. The lowest BCUT2D eigenvalue weighted by Gasteiger charge is -1.96. The largest absolute Gasteiger partial charge is 0.477 e. The topological polar surface area (TPSA) is 78.2 Å². The number of rotatable bonds is 3. The van der Waals surface area contributed by atoms with Crippen LogP contribution in [0, 0.1) is 11.3 Å². The van der Waals surface area contributed by atoms with Gasteiger partial charge in [0.25, 0.3) is 5.24 Å². The van der Waals surface area contributed by atoms with Crippen molar-refractivity contribution >= 4 is 28.9 Å². The van der Waals surface area contributed by atoms with Gasteiger partial charge in [-0.1, -0.05) is 12.1 Å². The lowest BCUT2D eigenvalue weighted by molar-refractivity contribution is -0.132. The highest BCUT2D eigenvalue weighted by Crippen LogP contribution is 2.10. The van der Waals surface area contributed by atoms with E-state index in [1.54, 1.807) is 6.07 Å². The Morgan fingerprint density at radius 3 is 2.25 bits per heavy atom. The number of hydrogen-bond acceptors (Lipinski definition) is 3. The van der Waals surface area contributed by atoms with E-state index in [2.05, 4.69) is 0 Å². The second-order valence-electron chi connectivity index (χ2n) is 2.87. The molecule has 0 aromatic heterocycles. The molecule has 1 aromatic rings. The van der Waals surface area contributed by atoms with E-state index >= 15 is 0 Å². The molecule has 0 aliphatic rings. The third-order valence-electron chi connectivity index (χ3n) is 1.80. The number of nitriles is 1. The van der Waals surface area contributed by atoms with Crippen LogP contribution in [0.1, 0.15) is 15.9 Å². The molecule has 0 fully saturated rings. The number of benzene rings is 1. The zero-order valence-corrected chi connectivity index (χ0v) is 8.73. The van der Waals surface area contributed by atoms with Crippen molar-refractivity contribution in [2.24, 2.45) is 0 Å². The zero-order chi connectivity index (χ0) is 12.1. The van der Waals surface area contributed by atoms with Gasteiger partial charge in [0.1, 0.15) is 11.6 Å². The Balaban J connectivity index is 3.04. The molecule has 80 valence electrons. The van der Waals surface area contributed by atoms with E-state index in [-0.39, 0.29) is 5.57 Å². The molecule has 0 spiro atoms. The van der Waals surface area contributed by atoms with Gasteiger partial charge in [-0.3, -0.25) is 4.79 Å². The third kappa shape index (κ3) is 2.94. The highest BCUT2D eigenvalue weighted by Gasteiger charge is 2.06. The van der Waals surface area contributed by atoms with Gasteiger partial charge in [0.05, 0.1) is 0 Å². The second-order valence-corrected chi connectivity index (χ2v) is 3.21. The number of carboxylic acids is 1. The summed E-state index contributed by atoms with van der Waals surface area (Å²) in [6.45, 7) is 0. The molecule has 1 rings (SSSR count). The molecular formula is C11H6ClNO3. The molecule has 1 aromatic carbocycles. The van der Waals surface area contributed by atoms with Crippen LogP contribution >= 0.6 is 11.6 Å². The summed E-state index contributed by atoms with van der Waals surface area (Å²) >= 11 is 5.24. The van der Waals surface area contributed by atoms with Gasteiger partial charge in [-0.05, 0) is 35.4 Å². The van der Waals surface area contributed by atoms with E-state index in [0.29, 0.717) is 11.1 Å². The normalized spacial score (nSPS) is 10.6. The lowest BCUT2D eigenvalue weighted by atomic mass is 10.1. The highest BCUT2D eigenvalue weighted by atomic mass is 35.5. The first-order chi connectivity index (χ1) is 7.54. The van der Waals surface area contributed by atoms with E-state index in [4.69, 9.17) is 22.0 Å². The SMILES string of the molecule is N#C/C(=C\c1ccc(C(=O)Cl)cc1)C(=O)O. The summed E-state index contributed by atoms with van der Waals surface area (Å²) in [6.07, 6.45) is 1.21. The van der Waals surface area contributed by atoms with Gasteiger partial charge in [-0.25, -0.2) is 4.79 Å². The number of aliphatic carboxylic acids is 1. The maximum Gasteiger partial charge on any atom is 0.346 e. The molecule has 0 aliphatic heterocycles. The highest BCUT2D eigenvalue weighted by molar-refractivity contribution is 6.67. The minimum atomic E-state index is -1.29. The third-order valence-corrected chi connectivity index (χ3v) is 2.02. The standard InChI is InChI=1S/C11H6ClNO3/c12-10(14)8-3-1-7(2-4-8)5-9(6-13)11(15)16/h1-5H,(H,15,16)/b9-5+. The number of nitrogens with zero attached hydrogens (tertiary/aromatic N) is 1. The first-order valence-electron chi connectivity index (χ1n) is 4.19. The van der Waals surface area contributed by atoms with Crippen molar-refractivity contribution in [2.75, 3.05) is 0 Å². The molecule has 16 heavy (non-hydrogen) atoms. The van der Waals surface area contributed by atoms with Crippen LogP contribution in [0.15, 0.2) is 29.8 Å². The van der Waals surface area contributed by atoms with Crippen LogP contribution in [0.3, 0.4) is 0 Å². The number of halogens is 1. The van der Waals surface area contributed by atoms with Gasteiger partial charge >= 0.3 is 5.97 Å². The quantitative estimate of drug-likeness (QED) is 0.494. The van der Waals surface area contributed by atoms with Crippen molar-refractivity contribution in [3.63, 3.8) is 0 Å². The van der Waals surface area contributed by atoms with Crippen molar-refractivity contribution in [3.05, 3.63) is 41.0 Å². The van der Waals surface area contributed by atoms with E-state index in [1.165, 1.54) is 30.3 Å². The monoisotopic (exact) mass is 235 g/mol. The van der Waals surface area contributed by atoms with Crippen molar-refractivity contribution < 1.29 is 14.7 Å². The average molecular weight is 236 g/mol. The van der Waals surface area contributed by atoms with Crippen LogP contribution in [0.2, 0.25) is 0 Å². The fraction of sp³-hybridized carbons (Fsp3) is 0. The van der Waals surface area contributed by atoms with Gasteiger partial charge in [0.15, 0.2) is 0 Å². The molecule has 0 unspecified atom stereocenters. The summed E-state index contributed by atoms with van der Waals surface area (Å²) in [5, 5.41) is 16.5. The fourth-order valence-corrected chi connectivity index (χ4v) is 1.14. The maximum atomic E-state index is 10.7. The summed E-state index contributed by atoms with van der Waals surface area (Å²) in [7, 11) is 0. The Labute approximate surface area is 96.4 Å². The number of carbonyl (C=O) groups excluding carboxylic acids is 1. The molecule has 0 heterocycles. The van der Waals surface area contributed by atoms with Crippen molar-refractivity contribution in [3.8, 4) is 6.07 Å². The van der Waals surface area contributed by atoms with Crippen LogP contribution < -0.4 is 0 Å². The van der Waals surface area contributed by atoms with Crippen LogP contribution in [0.4, 0.5) is 0 Å². The molecule has 0 aliphatic carbocycles. The summed E-state index contributed by atoms with van der Waals surface area (Å²) in [5.41, 5.74) is 0.457. The Bertz CT molecular complexity index is 497. The van der Waals surface area contributed by atoms with Gasteiger partial charge < -0.3 is 5.11 Å². The van der Waals surface area contributed by atoms with Gasteiger partial charge in [-0.2, -0.15) is 5.26 Å². The van der Waals surface area contributed by atoms with E-state index < -0.39 is 11.2 Å². The van der Waals surface area contributed by atoms with Crippen LogP contribution in [-0.2, 0) is 4.79 Å². The minimum absolute atomic E-state index is 0.313. The Morgan fingerprint density at radius 2 is 1.88 bits per heavy atom. The predicted octanol–water partition coefficient (Wildman–Crippen LogP) is 2.06. The van der Waals surface area contributed by atoms with Crippen molar-refractivity contribution in [1.82, 2.24) is 0 Å².